The van der Waals surface area contributed by atoms with Crippen molar-refractivity contribution in [3.05, 3.63) is 71.9 Å². The van der Waals surface area contributed by atoms with Crippen molar-refractivity contribution in [1.29, 1.82) is 0 Å². The number of nitrogens with one attached hydrogen (secondary N) is 1. The van der Waals surface area contributed by atoms with Crippen molar-refractivity contribution >= 4 is 39.0 Å². The normalized spacial score (nSPS) is 20.3. The highest BCUT2D eigenvalue weighted by Gasteiger charge is 2.54. The highest BCUT2D eigenvalue weighted by molar-refractivity contribution is 7.89. The lowest BCUT2D eigenvalue weighted by molar-refractivity contribution is -0.138. The number of nitrogens with zero attached hydrogens (tertiary/aromatic N) is 3. The van der Waals surface area contributed by atoms with Crippen molar-refractivity contribution in [3.8, 4) is 10.4 Å². The van der Waals surface area contributed by atoms with E-state index < -0.39 is 28.1 Å². The molecule has 3 unspecified atom stereocenters. The third-order valence-electron chi connectivity index (χ3n) is 7.04. The predicted octanol–water partition coefficient (Wildman–Crippen LogP) is 2.95. The molecule has 0 spiro atoms. The number of ketones is 1. The summed E-state index contributed by atoms with van der Waals surface area (Å²) in [5, 5.41) is 4.84. The molecule has 5 rings (SSSR count). The van der Waals surface area contributed by atoms with Crippen molar-refractivity contribution in [2.45, 2.75) is 49.2 Å². The van der Waals surface area contributed by atoms with Gasteiger partial charge in [0.1, 0.15) is 17.0 Å². The molecule has 11 heteroatoms. The molecular weight excluding hydrogens is 524 g/mol. The second kappa shape index (κ2) is 10.8. The van der Waals surface area contributed by atoms with Crippen LogP contribution in [0.5, 0.6) is 0 Å². The summed E-state index contributed by atoms with van der Waals surface area (Å²) in [6.45, 7) is 1.86. The van der Waals surface area contributed by atoms with Gasteiger partial charge >= 0.3 is 0 Å². The molecule has 0 radical (unpaired) electrons. The average molecular weight is 553 g/mol. The lowest BCUT2D eigenvalue weighted by Crippen LogP contribution is -2.52. The third kappa shape index (κ3) is 4.89. The van der Waals surface area contributed by atoms with E-state index in [1.807, 2.05) is 36.6 Å². The number of benzene rings is 1. The molecule has 2 fully saturated rings. The van der Waals surface area contributed by atoms with Gasteiger partial charge in [0.15, 0.2) is 5.78 Å². The molecule has 38 heavy (non-hydrogen) atoms. The first-order valence-corrected chi connectivity index (χ1v) is 14.8. The van der Waals surface area contributed by atoms with Gasteiger partial charge in [-0.25, -0.2) is 8.42 Å². The van der Waals surface area contributed by atoms with Crippen LogP contribution >= 0.6 is 11.3 Å². The molecule has 198 valence electrons. The van der Waals surface area contributed by atoms with Gasteiger partial charge in [0.05, 0.1) is 12.6 Å². The van der Waals surface area contributed by atoms with Crippen LogP contribution in [0.2, 0.25) is 0 Å². The number of fused-ring (bicyclic) bond motifs is 1. The van der Waals surface area contributed by atoms with E-state index in [1.165, 1.54) is 33.7 Å². The SMILES string of the molecule is CCCC(NC(=O)c1ccc(-c2cccs2)cc1)C(=O)N1CCC2C1C(=O)CN2S(=O)(=O)c1cccnc1. The molecule has 3 atom stereocenters. The van der Waals surface area contributed by atoms with Crippen LogP contribution in [0.3, 0.4) is 0 Å². The van der Waals surface area contributed by atoms with Crippen molar-refractivity contribution < 1.29 is 22.8 Å². The van der Waals surface area contributed by atoms with Gasteiger partial charge in [-0.1, -0.05) is 31.5 Å². The van der Waals surface area contributed by atoms with Gasteiger partial charge in [-0.2, -0.15) is 4.31 Å². The summed E-state index contributed by atoms with van der Waals surface area (Å²) in [4.78, 5) is 46.1. The first-order chi connectivity index (χ1) is 18.3. The first kappa shape index (κ1) is 26.2. The minimum Gasteiger partial charge on any atom is -0.340 e. The monoisotopic (exact) mass is 552 g/mol. The molecule has 0 aliphatic carbocycles. The van der Waals surface area contributed by atoms with E-state index in [2.05, 4.69) is 10.3 Å². The third-order valence-corrected chi connectivity index (χ3v) is 9.81. The number of carbonyl (C=O) groups excluding carboxylic acids is 3. The zero-order valence-corrected chi connectivity index (χ0v) is 22.5. The van der Waals surface area contributed by atoms with Gasteiger partial charge < -0.3 is 10.2 Å². The number of hydrogen-bond donors (Lipinski definition) is 1. The van der Waals surface area contributed by atoms with Crippen LogP contribution in [-0.4, -0.2) is 71.4 Å². The molecule has 2 aliphatic rings. The summed E-state index contributed by atoms with van der Waals surface area (Å²) < 4.78 is 27.6. The van der Waals surface area contributed by atoms with E-state index in [0.29, 0.717) is 24.8 Å². The number of thiophene rings is 1. The fourth-order valence-corrected chi connectivity index (χ4v) is 7.52. The number of Topliss-reactive ketones (excluding diaryl/α,β-unsaturated/α-hetero) is 1. The van der Waals surface area contributed by atoms with Gasteiger partial charge in [-0.3, -0.25) is 19.4 Å². The van der Waals surface area contributed by atoms with Crippen molar-refractivity contribution in [2.24, 2.45) is 0 Å². The standard InChI is InChI=1S/C27H28N4O5S2/c1-2-5-21(29-26(33)19-10-8-18(9-11-19)24-7-4-15-37-24)27(34)30-14-12-22-25(30)23(32)17-31(22)38(35,36)20-6-3-13-28-16-20/h3-4,6-11,13,15-16,21-22,25H,2,5,12,14,17H2,1H3,(H,29,33). The Kier molecular flexibility index (Phi) is 7.42. The van der Waals surface area contributed by atoms with E-state index in [4.69, 9.17) is 0 Å². The predicted molar refractivity (Wildman–Crippen MR) is 143 cm³/mol. The molecular formula is C27H28N4O5S2. The van der Waals surface area contributed by atoms with Crippen LogP contribution in [-0.2, 0) is 19.6 Å². The summed E-state index contributed by atoms with van der Waals surface area (Å²) >= 11 is 1.61. The van der Waals surface area contributed by atoms with E-state index >= 15 is 0 Å². The zero-order chi connectivity index (χ0) is 26.9. The molecule has 9 nitrogen and oxygen atoms in total. The van der Waals surface area contributed by atoms with Gasteiger partial charge in [-0.15, -0.1) is 11.3 Å². The minimum absolute atomic E-state index is 0.0134. The molecule has 0 saturated carbocycles. The Bertz CT molecular complexity index is 1430. The van der Waals surface area contributed by atoms with E-state index in [-0.39, 0.29) is 35.6 Å². The Balaban J connectivity index is 1.31. The van der Waals surface area contributed by atoms with Crippen LogP contribution in [0.15, 0.2) is 71.2 Å². The number of pyridine rings is 1. The second-order valence-corrected chi connectivity index (χ2v) is 12.2. The number of hydrogen-bond acceptors (Lipinski definition) is 7. The maximum atomic E-state index is 13.6. The second-order valence-electron chi connectivity index (χ2n) is 9.41. The van der Waals surface area contributed by atoms with Crippen LogP contribution in [0.4, 0.5) is 0 Å². The fourth-order valence-electron chi connectivity index (χ4n) is 5.19. The summed E-state index contributed by atoms with van der Waals surface area (Å²) in [6.07, 6.45) is 4.12. The molecule has 2 aliphatic heterocycles. The fraction of sp³-hybridized carbons (Fsp3) is 0.333. The number of amides is 2. The largest absolute Gasteiger partial charge is 0.340 e. The Hall–Kier alpha value is -3.41. The van der Waals surface area contributed by atoms with E-state index in [1.54, 1.807) is 23.5 Å². The summed E-state index contributed by atoms with van der Waals surface area (Å²) in [5.74, 6) is -1.06. The van der Waals surface area contributed by atoms with Crippen LogP contribution in [0.25, 0.3) is 10.4 Å². The van der Waals surface area contributed by atoms with Crippen molar-refractivity contribution in [3.63, 3.8) is 0 Å². The topological polar surface area (TPSA) is 117 Å². The number of aromatic nitrogens is 1. The minimum atomic E-state index is -3.94. The smallest absolute Gasteiger partial charge is 0.251 e. The first-order valence-electron chi connectivity index (χ1n) is 12.5. The number of likely N-dealkylation sites (tertiary alicyclic amines) is 1. The van der Waals surface area contributed by atoms with Gasteiger partial charge in [0, 0.05) is 29.4 Å². The number of carbonyl (C=O) groups is 3. The molecule has 2 saturated heterocycles. The summed E-state index contributed by atoms with van der Waals surface area (Å²) in [6, 6.07) is 11.8. The van der Waals surface area contributed by atoms with Gasteiger partial charge in [-0.05, 0) is 54.1 Å². The molecule has 1 aromatic carbocycles. The Morgan fingerprint density at radius 2 is 1.95 bits per heavy atom. The maximum absolute atomic E-state index is 13.6. The molecule has 2 aromatic heterocycles. The molecule has 0 bridgehead atoms. The molecule has 1 N–H and O–H groups in total. The van der Waals surface area contributed by atoms with Crippen molar-refractivity contribution in [2.75, 3.05) is 13.1 Å². The quantitative estimate of drug-likeness (QED) is 0.459. The van der Waals surface area contributed by atoms with Crippen LogP contribution in [0, 0.1) is 0 Å². The highest BCUT2D eigenvalue weighted by atomic mass is 32.2. The Labute approximate surface area is 225 Å². The summed E-state index contributed by atoms with van der Waals surface area (Å²) in [5.41, 5.74) is 1.44. The lowest BCUT2D eigenvalue weighted by Gasteiger charge is -2.28. The zero-order valence-electron chi connectivity index (χ0n) is 20.8. The Morgan fingerprint density at radius 1 is 1.16 bits per heavy atom. The van der Waals surface area contributed by atoms with E-state index in [0.717, 1.165) is 10.4 Å². The number of rotatable bonds is 8. The lowest BCUT2D eigenvalue weighted by atomic mass is 10.1. The molecule has 4 heterocycles. The van der Waals surface area contributed by atoms with E-state index in [9.17, 15) is 22.8 Å². The highest BCUT2D eigenvalue weighted by Crippen LogP contribution is 2.34. The summed E-state index contributed by atoms with van der Waals surface area (Å²) in [7, 11) is -3.94. The van der Waals surface area contributed by atoms with Gasteiger partial charge in [0.2, 0.25) is 15.9 Å². The van der Waals surface area contributed by atoms with Gasteiger partial charge in [0.25, 0.3) is 5.91 Å². The van der Waals surface area contributed by atoms with Crippen molar-refractivity contribution in [1.82, 2.24) is 19.5 Å². The average Bonchev–Trinajstić information content (AvgIpc) is 3.68. The number of sulfonamides is 1. The maximum Gasteiger partial charge on any atom is 0.251 e. The van der Waals surface area contributed by atoms with Crippen LogP contribution in [0.1, 0.15) is 36.5 Å². The molecule has 2 amide bonds. The molecule has 3 aromatic rings. The van der Waals surface area contributed by atoms with Crippen LogP contribution < -0.4 is 5.32 Å². The Morgan fingerprint density at radius 3 is 2.61 bits per heavy atom.